The van der Waals surface area contributed by atoms with Gasteiger partial charge in [-0.05, 0) is 200 Å². The number of hydrogen-bond acceptors (Lipinski definition) is 18. The Bertz CT molecular complexity index is 4750. The Balaban J connectivity index is 0.000000193. The van der Waals surface area contributed by atoms with Crippen LogP contribution in [0.4, 0.5) is 65.9 Å². The molecule has 6 aromatic carbocycles. The van der Waals surface area contributed by atoms with Gasteiger partial charge in [0.15, 0.2) is 64.2 Å². The van der Waals surface area contributed by atoms with Gasteiger partial charge in [0.25, 0.3) is 0 Å². The van der Waals surface area contributed by atoms with E-state index >= 15 is 8.78 Å². The number of ether oxygens (including phenoxy) is 4. The predicted octanol–water partition coefficient (Wildman–Crippen LogP) is 16.8. The van der Waals surface area contributed by atoms with Crippen molar-refractivity contribution in [2.45, 2.75) is 152 Å². The van der Waals surface area contributed by atoms with Gasteiger partial charge in [-0.15, -0.1) is 0 Å². The first-order chi connectivity index (χ1) is 52.0. The molecular weight excluding hydrogens is 1590 g/mol. The highest BCUT2D eigenvalue weighted by molar-refractivity contribution is 7.93. The average Bonchev–Trinajstić information content (AvgIpc) is 0.712. The van der Waals surface area contributed by atoms with Crippen molar-refractivity contribution >= 4 is 55.0 Å². The third-order valence-corrected chi connectivity index (χ3v) is 30.5. The zero-order valence-electron chi connectivity index (χ0n) is 59.7. The summed E-state index contributed by atoms with van der Waals surface area (Å²) in [6, 6.07) is 13.8. The highest BCUT2D eigenvalue weighted by atomic mass is 32.2. The number of alkyl halides is 9. The van der Waals surface area contributed by atoms with Crippen LogP contribution in [-0.2, 0) is 99.8 Å². The van der Waals surface area contributed by atoms with Gasteiger partial charge in [0, 0.05) is 49.8 Å². The minimum absolute atomic E-state index is 0.0270. The molecular formula is C74H76F15O18PS3. The molecule has 3 saturated carbocycles. The van der Waals surface area contributed by atoms with Gasteiger partial charge in [-0.1, -0.05) is 6.92 Å². The summed E-state index contributed by atoms with van der Waals surface area (Å²) in [5, 5.41) is 9.30. The number of halogens is 15. The number of sulfone groups is 3. The van der Waals surface area contributed by atoms with E-state index in [1.165, 1.54) is 0 Å². The van der Waals surface area contributed by atoms with Crippen molar-refractivity contribution in [1.82, 2.24) is 0 Å². The lowest BCUT2D eigenvalue weighted by Gasteiger charge is -2.49. The summed E-state index contributed by atoms with van der Waals surface area (Å²) in [5.74, 6) is -10.9. The van der Waals surface area contributed by atoms with Gasteiger partial charge in [-0.25, -0.2) is 51.6 Å². The number of ketones is 1. The summed E-state index contributed by atoms with van der Waals surface area (Å²) in [6.07, 6.45) is -12.0. The summed E-state index contributed by atoms with van der Waals surface area (Å²) in [5.41, 5.74) is -4.46. The molecule has 12 rings (SSSR count). The third-order valence-electron chi connectivity index (χ3n) is 20.4. The Morgan fingerprint density at radius 3 is 1.15 bits per heavy atom. The van der Waals surface area contributed by atoms with Gasteiger partial charge in [0.2, 0.25) is 0 Å². The second-order valence-electron chi connectivity index (χ2n) is 26.8. The molecule has 0 radical (unpaired) electrons. The maximum atomic E-state index is 15.2. The van der Waals surface area contributed by atoms with Gasteiger partial charge in [-0.2, -0.15) is 49.1 Å². The normalized spacial score (nSPS) is 22.7. The van der Waals surface area contributed by atoms with Crippen molar-refractivity contribution in [2.24, 2.45) is 29.6 Å². The molecule has 111 heavy (non-hydrogen) atoms. The van der Waals surface area contributed by atoms with E-state index in [1.807, 2.05) is 20.8 Å². The van der Waals surface area contributed by atoms with E-state index in [2.05, 4.69) is 0 Å². The zero-order chi connectivity index (χ0) is 82.3. The number of aliphatic hydroxyl groups excluding tert-OH is 1. The van der Waals surface area contributed by atoms with Crippen LogP contribution in [0.2, 0.25) is 0 Å². The topological polar surface area (TPSA) is 263 Å². The highest BCUT2D eigenvalue weighted by Crippen LogP contribution is 2.61. The smallest absolute Gasteiger partial charge is 0.416 e. The lowest BCUT2D eigenvalue weighted by molar-refractivity contribution is -0.192. The number of benzene rings is 6. The molecule has 608 valence electrons. The standard InChI is InChI=1S/C24H23F5O5S.C22H21F5O4S.C20H15F5O4S.C7H17O3P.CO2/c1-2-33-20(30)12-14-9-10-23(35(31,32)17-5-3-15(4-6-17)24(27,28)29)16(11-14)13-34-22-19(26)8-7-18(25)21(22)23;23-17-5-6-18(24)20-19(17)21(9-7-13(8-10-28)11-15(21)12-31-20)32(29,30)16-3-1-14(2-4-16)22(25,26)27;21-15-5-6-16(22)18-17(15)19(8-7-13(26)9-12(19)10-29-18)30(27,28)14-3-1-11(2-4-14)20(23,24)25;1-4-7-11(8,9-5-2)10-6-3;2-1-3/h3-8,14,16H,2,9-13H2,1H3;1-6,13,15,28H,7-12H2;1-6,12H,7-10H2;4-7H2,1-3H3;/t14-,16-,23+;13-,15+,21-;12-,19+;;/m101../s1. The predicted molar refractivity (Wildman–Crippen MR) is 364 cm³/mol. The Labute approximate surface area is 629 Å². The van der Waals surface area contributed by atoms with E-state index in [-0.39, 0.29) is 115 Å². The molecule has 3 heterocycles. The molecule has 0 spiro atoms. The molecule has 3 fully saturated rings. The van der Waals surface area contributed by atoms with Crippen LogP contribution >= 0.6 is 7.60 Å². The number of Topliss-reactive ketones (excluding diaryl/α,β-unsaturated/α-hetero) is 1. The van der Waals surface area contributed by atoms with E-state index in [9.17, 15) is 102 Å². The molecule has 3 aliphatic heterocycles. The molecule has 0 aromatic heterocycles. The van der Waals surface area contributed by atoms with Gasteiger partial charge in [-0.3, -0.25) is 14.2 Å². The minimum atomic E-state index is -4.67. The first kappa shape index (κ1) is 88.7. The quantitative estimate of drug-likeness (QED) is 0.0505. The molecule has 6 aliphatic rings. The molecule has 0 bridgehead atoms. The lowest BCUT2D eigenvalue weighted by Crippen LogP contribution is -2.52. The Hall–Kier alpha value is -7.85. The van der Waals surface area contributed by atoms with E-state index in [1.54, 1.807) is 6.92 Å². The van der Waals surface area contributed by atoms with Crippen molar-refractivity contribution in [2.75, 3.05) is 52.4 Å². The van der Waals surface area contributed by atoms with Gasteiger partial charge >= 0.3 is 38.2 Å². The zero-order valence-corrected chi connectivity index (χ0v) is 63.0. The largest absolute Gasteiger partial charge is 0.490 e. The maximum Gasteiger partial charge on any atom is 0.416 e. The lowest BCUT2D eigenvalue weighted by atomic mass is 9.68. The Kier molecular flexibility index (Phi) is 28.2. The second-order valence-corrected chi connectivity index (χ2v) is 35.6. The number of rotatable bonds is 17. The van der Waals surface area contributed by atoms with Crippen molar-refractivity contribution in [1.29, 1.82) is 0 Å². The number of hydrogen-bond donors (Lipinski definition) is 1. The minimum Gasteiger partial charge on any atom is -0.490 e. The van der Waals surface area contributed by atoms with Crippen molar-refractivity contribution in [3.05, 3.63) is 177 Å². The molecule has 0 amide bonds. The fourth-order valence-electron chi connectivity index (χ4n) is 15.6. The van der Waals surface area contributed by atoms with Crippen molar-refractivity contribution < 1.29 is 148 Å². The summed E-state index contributed by atoms with van der Waals surface area (Å²) in [6.45, 7) is 7.48. The number of aliphatic hydroxyl groups is 1. The molecule has 8 atom stereocenters. The SMILES string of the molecule is CCCP(=O)(OCC)OCC.CCOC(=O)C[C@@H]1CC[C@@]2(S(=O)(=O)c3ccc(C(F)(F)F)cc3)c3c(F)ccc(F)c3OC[C@H]2C1.O=C1CC[C@@]2(S(=O)(=O)c3ccc(C(F)(F)F)cc3)c3c(F)ccc(F)c3OC[C@H]2C1.O=C=O.O=S(=O)(c1ccc(C(F)(F)F)cc1)[C@@]12CC[C@@H](CCO)C[C@@H]1COc1c(F)ccc(F)c12. The summed E-state index contributed by atoms with van der Waals surface area (Å²) in [4.78, 5) is 39.0. The van der Waals surface area contributed by atoms with Gasteiger partial charge in [0.1, 0.15) is 37.5 Å². The van der Waals surface area contributed by atoms with Crippen LogP contribution in [0.1, 0.15) is 138 Å². The third kappa shape index (κ3) is 17.9. The Morgan fingerprint density at radius 2 is 0.829 bits per heavy atom. The van der Waals surface area contributed by atoms with Crippen LogP contribution in [0.25, 0.3) is 0 Å². The van der Waals surface area contributed by atoms with Crippen LogP contribution in [0.15, 0.2) is 124 Å². The number of esters is 1. The fourth-order valence-corrected chi connectivity index (χ4v) is 24.3. The van der Waals surface area contributed by atoms with Crippen molar-refractivity contribution in [3.8, 4) is 17.2 Å². The van der Waals surface area contributed by atoms with Crippen LogP contribution in [0.5, 0.6) is 17.2 Å². The average molecular weight is 1670 g/mol. The van der Waals surface area contributed by atoms with Crippen LogP contribution in [0, 0.1) is 64.5 Å². The van der Waals surface area contributed by atoms with Crippen LogP contribution < -0.4 is 14.2 Å². The van der Waals surface area contributed by atoms with Crippen molar-refractivity contribution in [3.63, 3.8) is 0 Å². The van der Waals surface area contributed by atoms with Gasteiger partial charge < -0.3 is 33.1 Å². The van der Waals surface area contributed by atoms with Crippen LogP contribution in [-0.4, -0.2) is 101 Å². The monoisotopic (exact) mass is 1660 g/mol. The molecule has 0 unspecified atom stereocenters. The van der Waals surface area contributed by atoms with Gasteiger partial charge in [0.05, 0.1) is 87.7 Å². The first-order valence-corrected chi connectivity index (χ1v) is 40.9. The molecule has 18 nitrogen and oxygen atoms in total. The second kappa shape index (κ2) is 35.3. The maximum absolute atomic E-state index is 15.2. The first-order valence-electron chi connectivity index (χ1n) is 34.8. The summed E-state index contributed by atoms with van der Waals surface area (Å²) in [7, 11) is -16.2. The number of carbonyl (C=O) groups is 2. The van der Waals surface area contributed by atoms with E-state index < -0.39 is 194 Å². The highest BCUT2D eigenvalue weighted by Gasteiger charge is 2.63. The molecule has 37 heteroatoms. The van der Waals surface area contributed by atoms with E-state index in [0.29, 0.717) is 68.6 Å². The van der Waals surface area contributed by atoms with E-state index in [0.717, 1.165) is 79.2 Å². The van der Waals surface area contributed by atoms with Crippen LogP contribution in [0.3, 0.4) is 0 Å². The molecule has 6 aromatic rings. The Morgan fingerprint density at radius 1 is 0.505 bits per heavy atom. The molecule has 0 saturated heterocycles. The fraction of sp³-hybridized carbons (Fsp3) is 0.473. The summed E-state index contributed by atoms with van der Waals surface area (Å²) < 4.78 is 326. The summed E-state index contributed by atoms with van der Waals surface area (Å²) >= 11 is 0. The number of carbonyl (C=O) groups excluding carboxylic acids is 4. The number of fused-ring (bicyclic) bond motifs is 9. The van der Waals surface area contributed by atoms with E-state index in [4.69, 9.17) is 37.6 Å². The molecule has 1 N–H and O–H groups in total. The molecule has 3 aliphatic carbocycles.